The lowest BCUT2D eigenvalue weighted by molar-refractivity contribution is -0.145. The summed E-state index contributed by atoms with van der Waals surface area (Å²) in [6.07, 6.45) is -0.224. The molecule has 6 heteroatoms. The molecule has 1 atom stereocenters. The third-order valence-corrected chi connectivity index (χ3v) is 1.94. The number of ether oxygens (including phenoxy) is 2. The van der Waals surface area contributed by atoms with Crippen molar-refractivity contribution in [1.29, 1.82) is 0 Å². The van der Waals surface area contributed by atoms with E-state index < -0.39 is 23.7 Å². The summed E-state index contributed by atoms with van der Waals surface area (Å²) in [5.74, 6) is 0.00614. The zero-order valence-electron chi connectivity index (χ0n) is 10.8. The first-order chi connectivity index (χ1) is 7.80. The maximum absolute atomic E-state index is 11.5. The summed E-state index contributed by atoms with van der Waals surface area (Å²) in [6.45, 7) is 7.25. The summed E-state index contributed by atoms with van der Waals surface area (Å²) in [5, 5.41) is 2.47. The number of nitrogens with one attached hydrogen (secondary N) is 1. The van der Waals surface area contributed by atoms with Gasteiger partial charge < -0.3 is 14.8 Å². The van der Waals surface area contributed by atoms with Gasteiger partial charge in [0.1, 0.15) is 11.6 Å². The van der Waals surface area contributed by atoms with E-state index in [9.17, 15) is 9.59 Å². The van der Waals surface area contributed by atoms with Gasteiger partial charge in [-0.1, -0.05) is 0 Å². The number of thiol groups is 1. The first-order valence-corrected chi connectivity index (χ1v) is 6.20. The van der Waals surface area contributed by atoms with Crippen LogP contribution in [0.4, 0.5) is 4.79 Å². The van der Waals surface area contributed by atoms with Gasteiger partial charge in [-0.3, -0.25) is 0 Å². The van der Waals surface area contributed by atoms with Gasteiger partial charge in [0.05, 0.1) is 6.61 Å². The van der Waals surface area contributed by atoms with Crippen molar-refractivity contribution in [2.75, 3.05) is 12.4 Å². The molecule has 5 nitrogen and oxygen atoms in total. The van der Waals surface area contributed by atoms with E-state index in [0.29, 0.717) is 12.2 Å². The molecule has 0 aliphatic rings. The summed E-state index contributed by atoms with van der Waals surface area (Å²) in [4.78, 5) is 23.0. The molecule has 1 unspecified atom stereocenters. The van der Waals surface area contributed by atoms with Crippen LogP contribution in [0.25, 0.3) is 0 Å². The number of amides is 1. The molecule has 0 radical (unpaired) electrons. The van der Waals surface area contributed by atoms with Crippen molar-refractivity contribution in [1.82, 2.24) is 5.32 Å². The van der Waals surface area contributed by atoms with Crippen LogP contribution in [0.2, 0.25) is 0 Å². The lowest BCUT2D eigenvalue weighted by atomic mass is 10.2. The third-order valence-electron chi connectivity index (χ3n) is 1.68. The molecule has 1 N–H and O–H groups in total. The predicted octanol–water partition coefficient (Wildman–Crippen LogP) is 1.76. The Kier molecular flexibility index (Phi) is 7.03. The Labute approximate surface area is 108 Å². The summed E-state index contributed by atoms with van der Waals surface area (Å²) < 4.78 is 9.90. The van der Waals surface area contributed by atoms with E-state index in [0.717, 1.165) is 0 Å². The van der Waals surface area contributed by atoms with Crippen molar-refractivity contribution >= 4 is 24.7 Å². The lowest BCUT2D eigenvalue weighted by Gasteiger charge is -2.22. The molecule has 100 valence electrons. The Morgan fingerprint density at radius 2 is 1.94 bits per heavy atom. The molecule has 0 aromatic heterocycles. The summed E-state index contributed by atoms with van der Waals surface area (Å²) in [7, 11) is 0. The number of carbonyl (C=O) groups excluding carboxylic acids is 2. The fourth-order valence-electron chi connectivity index (χ4n) is 1.07. The molecule has 0 aromatic rings. The van der Waals surface area contributed by atoms with E-state index in [1.807, 2.05) is 0 Å². The maximum atomic E-state index is 11.5. The van der Waals surface area contributed by atoms with Crippen LogP contribution in [0.15, 0.2) is 0 Å². The maximum Gasteiger partial charge on any atom is 0.408 e. The fourth-order valence-corrected chi connectivity index (χ4v) is 1.33. The zero-order chi connectivity index (χ0) is 13.5. The van der Waals surface area contributed by atoms with Crippen LogP contribution < -0.4 is 5.32 Å². The molecule has 0 aromatic carbocycles. The van der Waals surface area contributed by atoms with Gasteiger partial charge in [0.15, 0.2) is 0 Å². The number of esters is 1. The molecule has 0 spiro atoms. The summed E-state index contributed by atoms with van der Waals surface area (Å²) >= 11 is 4.03. The van der Waals surface area contributed by atoms with Crippen LogP contribution in [0, 0.1) is 0 Å². The minimum absolute atomic E-state index is 0.276. The van der Waals surface area contributed by atoms with Crippen molar-refractivity contribution in [3.05, 3.63) is 0 Å². The van der Waals surface area contributed by atoms with Gasteiger partial charge >= 0.3 is 12.1 Å². The molecule has 0 heterocycles. The first-order valence-electron chi connectivity index (χ1n) is 5.57. The number of hydrogen-bond donors (Lipinski definition) is 2. The molecule has 1 amide bonds. The largest absolute Gasteiger partial charge is 0.464 e. The van der Waals surface area contributed by atoms with E-state index >= 15 is 0 Å². The van der Waals surface area contributed by atoms with Gasteiger partial charge in [0, 0.05) is 0 Å². The van der Waals surface area contributed by atoms with Crippen molar-refractivity contribution in [3.63, 3.8) is 0 Å². The van der Waals surface area contributed by atoms with Crippen molar-refractivity contribution in [2.24, 2.45) is 0 Å². The highest BCUT2D eigenvalue weighted by Gasteiger charge is 2.24. The van der Waals surface area contributed by atoms with E-state index in [1.165, 1.54) is 0 Å². The molecule has 0 aliphatic carbocycles. The van der Waals surface area contributed by atoms with Crippen LogP contribution in [-0.4, -0.2) is 36.1 Å². The summed E-state index contributed by atoms with van der Waals surface area (Å²) in [6, 6.07) is -0.706. The molecule has 0 rings (SSSR count). The van der Waals surface area contributed by atoms with Gasteiger partial charge in [-0.2, -0.15) is 12.6 Å². The molecule has 17 heavy (non-hydrogen) atoms. The second-order valence-electron chi connectivity index (χ2n) is 4.46. The monoisotopic (exact) mass is 263 g/mol. The highest BCUT2D eigenvalue weighted by Crippen LogP contribution is 2.07. The lowest BCUT2D eigenvalue weighted by Crippen LogP contribution is -2.44. The highest BCUT2D eigenvalue weighted by atomic mass is 32.1. The standard InChI is InChI=1S/C11H21NO4S/c1-5-15-9(13)8(6-7-17)12-10(14)16-11(2,3)4/h8,17H,5-7H2,1-4H3,(H,12,14). The molecule has 0 saturated carbocycles. The average Bonchev–Trinajstić information content (AvgIpc) is 2.14. The molecular formula is C11H21NO4S. The molecule has 0 saturated heterocycles. The van der Waals surface area contributed by atoms with Crippen LogP contribution in [0.5, 0.6) is 0 Å². The topological polar surface area (TPSA) is 64.6 Å². The second kappa shape index (κ2) is 7.42. The van der Waals surface area contributed by atoms with Gasteiger partial charge in [-0.15, -0.1) is 0 Å². The van der Waals surface area contributed by atoms with E-state index in [4.69, 9.17) is 9.47 Å². The Hall–Kier alpha value is -0.910. The van der Waals surface area contributed by atoms with Gasteiger partial charge in [-0.05, 0) is 39.9 Å². The first kappa shape index (κ1) is 16.1. The van der Waals surface area contributed by atoms with Crippen LogP contribution >= 0.6 is 12.6 Å². The van der Waals surface area contributed by atoms with E-state index in [-0.39, 0.29) is 6.61 Å². The van der Waals surface area contributed by atoms with E-state index in [1.54, 1.807) is 27.7 Å². The molecular weight excluding hydrogens is 242 g/mol. The van der Waals surface area contributed by atoms with Gasteiger partial charge in [0.2, 0.25) is 0 Å². The van der Waals surface area contributed by atoms with Crippen molar-refractivity contribution in [2.45, 2.75) is 45.8 Å². The Balaban J connectivity index is 4.34. The number of carbonyl (C=O) groups is 2. The van der Waals surface area contributed by atoms with E-state index in [2.05, 4.69) is 17.9 Å². The van der Waals surface area contributed by atoms with Crippen molar-refractivity contribution < 1.29 is 19.1 Å². The third kappa shape index (κ3) is 7.90. The molecule has 0 bridgehead atoms. The minimum Gasteiger partial charge on any atom is -0.464 e. The van der Waals surface area contributed by atoms with Gasteiger partial charge in [-0.25, -0.2) is 9.59 Å². The summed E-state index contributed by atoms with van der Waals surface area (Å²) in [5.41, 5.74) is -0.593. The Morgan fingerprint density at radius 3 is 2.35 bits per heavy atom. The smallest absolute Gasteiger partial charge is 0.408 e. The quantitative estimate of drug-likeness (QED) is 0.586. The fraction of sp³-hybridized carbons (Fsp3) is 0.818. The highest BCUT2D eigenvalue weighted by molar-refractivity contribution is 7.80. The Bertz CT molecular complexity index is 263. The normalized spacial score (nSPS) is 12.8. The van der Waals surface area contributed by atoms with Crippen LogP contribution in [0.1, 0.15) is 34.1 Å². The zero-order valence-corrected chi connectivity index (χ0v) is 11.7. The average molecular weight is 263 g/mol. The van der Waals surface area contributed by atoms with Crippen LogP contribution in [-0.2, 0) is 14.3 Å². The predicted molar refractivity (Wildman–Crippen MR) is 68.3 cm³/mol. The number of hydrogen-bond acceptors (Lipinski definition) is 5. The van der Waals surface area contributed by atoms with Crippen molar-refractivity contribution in [3.8, 4) is 0 Å². The molecule has 0 fully saturated rings. The van der Waals surface area contributed by atoms with Gasteiger partial charge in [0.25, 0.3) is 0 Å². The Morgan fingerprint density at radius 1 is 1.35 bits per heavy atom. The number of alkyl carbamates (subject to hydrolysis) is 1. The second-order valence-corrected chi connectivity index (χ2v) is 4.91. The van der Waals surface area contributed by atoms with Crippen LogP contribution in [0.3, 0.4) is 0 Å². The SMILES string of the molecule is CCOC(=O)C(CCS)NC(=O)OC(C)(C)C. The number of rotatable bonds is 5. The minimum atomic E-state index is -0.706. The molecule has 0 aliphatic heterocycles.